The Kier molecular flexibility index (Phi) is 4.70. The van der Waals surface area contributed by atoms with Crippen molar-refractivity contribution in [1.29, 1.82) is 5.26 Å². The first-order valence-corrected chi connectivity index (χ1v) is 8.31. The topological polar surface area (TPSA) is 84.0 Å². The van der Waals surface area contributed by atoms with Crippen molar-refractivity contribution in [3.05, 3.63) is 41.1 Å². The van der Waals surface area contributed by atoms with Crippen molar-refractivity contribution in [1.82, 2.24) is 14.5 Å². The third-order valence-corrected chi connectivity index (χ3v) is 4.27. The summed E-state index contributed by atoms with van der Waals surface area (Å²) in [6.07, 6.45) is 3.17. The minimum Gasteiger partial charge on any atom is -0.456 e. The summed E-state index contributed by atoms with van der Waals surface area (Å²) in [7, 11) is 1.73. The molecule has 0 unspecified atom stereocenters. The van der Waals surface area contributed by atoms with Gasteiger partial charge in [-0.25, -0.2) is 14.8 Å². The number of nitrogens with zero attached hydrogens (tertiary/aromatic N) is 5. The zero-order chi connectivity index (χ0) is 18.0. The lowest BCUT2D eigenvalue weighted by Crippen LogP contribution is -2.41. The molecule has 0 saturated carbocycles. The van der Waals surface area contributed by atoms with Crippen LogP contribution in [0.4, 0.5) is 5.82 Å². The van der Waals surface area contributed by atoms with Gasteiger partial charge in [-0.3, -0.25) is 0 Å². The van der Waals surface area contributed by atoms with Gasteiger partial charge in [0.25, 0.3) is 0 Å². The maximum atomic E-state index is 12.4. The van der Waals surface area contributed by atoms with Crippen molar-refractivity contribution < 1.29 is 9.53 Å². The molecule has 0 radical (unpaired) electrons. The molecule has 7 nitrogen and oxygen atoms in total. The Morgan fingerprint density at radius 1 is 1.36 bits per heavy atom. The second-order valence-corrected chi connectivity index (χ2v) is 6.37. The van der Waals surface area contributed by atoms with Crippen LogP contribution in [0.2, 0.25) is 0 Å². The summed E-state index contributed by atoms with van der Waals surface area (Å²) in [6.45, 7) is 5.31. The SMILES string of the molecule is Cc1cc(N2CCC[C@@H](OC(=O)c3cc(C#N)cn3C)C2)nc(C)n1. The molecule has 0 bridgehead atoms. The number of rotatable bonds is 3. The number of carbonyl (C=O) groups excluding carboxylic acids is 1. The maximum absolute atomic E-state index is 12.4. The van der Waals surface area contributed by atoms with Gasteiger partial charge in [0, 0.05) is 31.5 Å². The van der Waals surface area contributed by atoms with E-state index in [0.717, 1.165) is 36.7 Å². The van der Waals surface area contributed by atoms with Crippen LogP contribution in [-0.4, -0.2) is 39.7 Å². The molecule has 2 aromatic heterocycles. The third kappa shape index (κ3) is 3.79. The number of hydrogen-bond donors (Lipinski definition) is 0. The molecule has 0 aromatic carbocycles. The van der Waals surface area contributed by atoms with E-state index in [1.54, 1.807) is 23.9 Å². The van der Waals surface area contributed by atoms with Gasteiger partial charge in [-0.1, -0.05) is 0 Å². The standard InChI is InChI=1S/C18H21N5O2/c1-12-7-17(21-13(2)20-12)23-6-4-5-15(11-23)25-18(24)16-8-14(9-19)10-22(16)3/h7-8,10,15H,4-6,11H2,1-3H3/t15-/m1/s1. The maximum Gasteiger partial charge on any atom is 0.355 e. The summed E-state index contributed by atoms with van der Waals surface area (Å²) in [6, 6.07) is 5.54. The van der Waals surface area contributed by atoms with Crippen LogP contribution in [0, 0.1) is 25.2 Å². The fourth-order valence-corrected chi connectivity index (χ4v) is 3.14. The molecule has 0 N–H and O–H groups in total. The number of hydrogen-bond acceptors (Lipinski definition) is 6. The van der Waals surface area contributed by atoms with Gasteiger partial charge in [0.1, 0.15) is 29.5 Å². The summed E-state index contributed by atoms with van der Waals surface area (Å²) in [5, 5.41) is 8.95. The monoisotopic (exact) mass is 339 g/mol. The average Bonchev–Trinajstić information content (AvgIpc) is 2.95. The van der Waals surface area contributed by atoms with Gasteiger partial charge >= 0.3 is 5.97 Å². The summed E-state index contributed by atoms with van der Waals surface area (Å²) >= 11 is 0. The highest BCUT2D eigenvalue weighted by molar-refractivity contribution is 5.88. The molecule has 1 saturated heterocycles. The van der Waals surface area contributed by atoms with Gasteiger partial charge in [-0.05, 0) is 32.8 Å². The van der Waals surface area contributed by atoms with Crippen LogP contribution >= 0.6 is 0 Å². The summed E-state index contributed by atoms with van der Waals surface area (Å²) < 4.78 is 7.30. The Morgan fingerprint density at radius 2 is 2.16 bits per heavy atom. The number of aryl methyl sites for hydroxylation is 3. The van der Waals surface area contributed by atoms with Gasteiger partial charge in [-0.2, -0.15) is 5.26 Å². The largest absolute Gasteiger partial charge is 0.456 e. The predicted octanol–water partition coefficient (Wildman–Crippen LogP) is 2.13. The van der Waals surface area contributed by atoms with Crippen LogP contribution in [-0.2, 0) is 11.8 Å². The van der Waals surface area contributed by atoms with E-state index in [4.69, 9.17) is 10.00 Å². The Balaban J connectivity index is 1.70. The second kappa shape index (κ2) is 6.93. The third-order valence-electron chi connectivity index (χ3n) is 4.27. The van der Waals surface area contributed by atoms with Crippen LogP contribution in [0.25, 0.3) is 0 Å². The van der Waals surface area contributed by atoms with Gasteiger partial charge in [0.2, 0.25) is 0 Å². The van der Waals surface area contributed by atoms with Crippen molar-refractivity contribution in [3.63, 3.8) is 0 Å². The molecule has 130 valence electrons. The molecule has 1 fully saturated rings. The fraction of sp³-hybridized carbons (Fsp3) is 0.444. The number of ether oxygens (including phenoxy) is 1. The minimum absolute atomic E-state index is 0.197. The first kappa shape index (κ1) is 17.0. The summed E-state index contributed by atoms with van der Waals surface area (Å²) in [5.41, 5.74) is 1.77. The Hall–Kier alpha value is -2.88. The minimum atomic E-state index is -0.397. The molecule has 0 spiro atoms. The lowest BCUT2D eigenvalue weighted by Gasteiger charge is -2.33. The summed E-state index contributed by atoms with van der Waals surface area (Å²) in [5.74, 6) is 1.21. The average molecular weight is 339 g/mol. The number of nitriles is 1. The van der Waals surface area contributed by atoms with Crippen molar-refractivity contribution in [3.8, 4) is 6.07 Å². The molecular weight excluding hydrogens is 318 g/mol. The molecule has 7 heteroatoms. The first-order valence-electron chi connectivity index (χ1n) is 8.31. The van der Waals surface area contributed by atoms with E-state index >= 15 is 0 Å². The van der Waals surface area contributed by atoms with Crippen LogP contribution < -0.4 is 4.90 Å². The van der Waals surface area contributed by atoms with E-state index in [1.807, 2.05) is 26.0 Å². The predicted molar refractivity (Wildman–Crippen MR) is 92.3 cm³/mol. The zero-order valence-electron chi connectivity index (χ0n) is 14.7. The van der Waals surface area contributed by atoms with Crippen molar-refractivity contribution in [2.45, 2.75) is 32.8 Å². The molecule has 0 aliphatic carbocycles. The van der Waals surface area contributed by atoms with E-state index in [0.29, 0.717) is 17.8 Å². The number of carbonyl (C=O) groups is 1. The first-order chi connectivity index (χ1) is 12.0. The quantitative estimate of drug-likeness (QED) is 0.797. The smallest absolute Gasteiger partial charge is 0.355 e. The molecule has 2 aromatic rings. The number of aromatic nitrogens is 3. The molecule has 25 heavy (non-hydrogen) atoms. The van der Waals surface area contributed by atoms with E-state index < -0.39 is 5.97 Å². The fourth-order valence-electron chi connectivity index (χ4n) is 3.14. The molecule has 0 amide bonds. The lowest BCUT2D eigenvalue weighted by atomic mass is 10.1. The highest BCUT2D eigenvalue weighted by Gasteiger charge is 2.26. The van der Waals surface area contributed by atoms with Crippen molar-refractivity contribution in [2.75, 3.05) is 18.0 Å². The number of anilines is 1. The molecule has 1 aliphatic heterocycles. The summed E-state index contributed by atoms with van der Waals surface area (Å²) in [4.78, 5) is 23.3. The van der Waals surface area contributed by atoms with Gasteiger partial charge in [0.05, 0.1) is 12.1 Å². The highest BCUT2D eigenvalue weighted by Crippen LogP contribution is 2.21. The van der Waals surface area contributed by atoms with E-state index in [2.05, 4.69) is 14.9 Å². The number of esters is 1. The molecule has 3 heterocycles. The Morgan fingerprint density at radius 3 is 2.84 bits per heavy atom. The van der Waals surface area contributed by atoms with Crippen LogP contribution in [0.1, 0.15) is 40.4 Å². The molecule has 1 aliphatic rings. The zero-order valence-corrected chi connectivity index (χ0v) is 14.7. The molecule has 1 atom stereocenters. The van der Waals surface area contributed by atoms with E-state index in [9.17, 15) is 4.79 Å². The highest BCUT2D eigenvalue weighted by atomic mass is 16.5. The van der Waals surface area contributed by atoms with Gasteiger partial charge in [0.15, 0.2) is 0 Å². The van der Waals surface area contributed by atoms with Crippen LogP contribution in [0.5, 0.6) is 0 Å². The van der Waals surface area contributed by atoms with Crippen molar-refractivity contribution >= 4 is 11.8 Å². The normalized spacial score (nSPS) is 17.2. The van der Waals surface area contributed by atoms with Crippen molar-refractivity contribution in [2.24, 2.45) is 7.05 Å². The molecular formula is C18H21N5O2. The van der Waals surface area contributed by atoms with E-state index in [1.165, 1.54) is 0 Å². The number of piperidine rings is 1. The van der Waals surface area contributed by atoms with Gasteiger partial charge < -0.3 is 14.2 Å². The van der Waals surface area contributed by atoms with E-state index in [-0.39, 0.29) is 6.10 Å². The Bertz CT molecular complexity index is 816. The Labute approximate surface area is 146 Å². The second-order valence-electron chi connectivity index (χ2n) is 6.37. The lowest BCUT2D eigenvalue weighted by molar-refractivity contribution is 0.0258. The van der Waals surface area contributed by atoms with Crippen LogP contribution in [0.15, 0.2) is 18.3 Å². The van der Waals surface area contributed by atoms with Crippen LogP contribution in [0.3, 0.4) is 0 Å². The van der Waals surface area contributed by atoms with Gasteiger partial charge in [-0.15, -0.1) is 0 Å². The molecule has 3 rings (SSSR count).